The lowest BCUT2D eigenvalue weighted by molar-refractivity contribution is 0.542. The first-order valence-electron chi connectivity index (χ1n) is 6.87. The van der Waals surface area contributed by atoms with E-state index in [1.165, 1.54) is 6.26 Å². The monoisotopic (exact) mass is 308 g/mol. The van der Waals surface area contributed by atoms with E-state index in [-0.39, 0.29) is 0 Å². The van der Waals surface area contributed by atoms with Crippen molar-refractivity contribution in [1.82, 2.24) is 20.1 Å². The molecule has 21 heavy (non-hydrogen) atoms. The number of sulfone groups is 1. The van der Waals surface area contributed by atoms with E-state index in [9.17, 15) is 8.42 Å². The smallest absolute Gasteiger partial charge is 0.175 e. The van der Waals surface area contributed by atoms with E-state index in [4.69, 9.17) is 0 Å². The molecule has 6 nitrogen and oxygen atoms in total. The van der Waals surface area contributed by atoms with Crippen molar-refractivity contribution in [2.24, 2.45) is 0 Å². The van der Waals surface area contributed by atoms with E-state index in [0.717, 1.165) is 24.4 Å². The Hall–Kier alpha value is -1.73. The first-order valence-corrected chi connectivity index (χ1v) is 8.76. The summed E-state index contributed by atoms with van der Waals surface area (Å²) in [6, 6.07) is 6.90. The van der Waals surface area contributed by atoms with E-state index >= 15 is 0 Å². The summed E-state index contributed by atoms with van der Waals surface area (Å²) in [5.74, 6) is 0.907. The van der Waals surface area contributed by atoms with Crippen LogP contribution in [0, 0.1) is 0 Å². The Balaban J connectivity index is 1.90. The Kier molecular flexibility index (Phi) is 5.08. The van der Waals surface area contributed by atoms with Gasteiger partial charge in [0, 0.05) is 19.3 Å². The summed E-state index contributed by atoms with van der Waals surface area (Å²) in [6.07, 6.45) is 3.79. The van der Waals surface area contributed by atoms with Crippen LogP contribution in [-0.4, -0.2) is 29.4 Å². The molecule has 0 saturated heterocycles. The van der Waals surface area contributed by atoms with E-state index in [1.54, 1.807) is 18.5 Å². The van der Waals surface area contributed by atoms with Crippen LogP contribution < -0.4 is 5.32 Å². The average Bonchev–Trinajstić information content (AvgIpc) is 2.86. The van der Waals surface area contributed by atoms with E-state index < -0.39 is 9.84 Å². The minimum atomic E-state index is -3.13. The predicted molar refractivity (Wildman–Crippen MR) is 80.4 cm³/mol. The van der Waals surface area contributed by atoms with Crippen LogP contribution in [0.3, 0.4) is 0 Å². The van der Waals surface area contributed by atoms with Crippen molar-refractivity contribution in [3.05, 3.63) is 42.0 Å². The Morgan fingerprint density at radius 1 is 1.19 bits per heavy atom. The van der Waals surface area contributed by atoms with Crippen molar-refractivity contribution in [3.63, 3.8) is 0 Å². The highest BCUT2D eigenvalue weighted by Gasteiger charge is 2.06. The molecule has 0 radical (unpaired) electrons. The third-order valence-electron chi connectivity index (χ3n) is 3.09. The second-order valence-electron chi connectivity index (χ2n) is 4.92. The maximum atomic E-state index is 11.4. The third-order valence-corrected chi connectivity index (χ3v) is 4.22. The number of hydrogen-bond donors (Lipinski definition) is 1. The zero-order valence-corrected chi connectivity index (χ0v) is 13.1. The molecule has 0 spiro atoms. The number of aromatic nitrogens is 3. The lowest BCUT2D eigenvalue weighted by Crippen LogP contribution is -2.17. The summed E-state index contributed by atoms with van der Waals surface area (Å²) in [7, 11) is -3.13. The van der Waals surface area contributed by atoms with Gasteiger partial charge in [-0.3, -0.25) is 0 Å². The minimum Gasteiger partial charge on any atom is -0.306 e. The molecule has 0 amide bonds. The molecule has 0 fully saturated rings. The Labute approximate surface area is 125 Å². The predicted octanol–water partition coefficient (Wildman–Crippen LogP) is 1.38. The van der Waals surface area contributed by atoms with Crippen LogP contribution in [0.25, 0.3) is 0 Å². The summed E-state index contributed by atoms with van der Waals surface area (Å²) in [6.45, 7) is 4.25. The van der Waals surface area contributed by atoms with Gasteiger partial charge in [-0.15, -0.1) is 0 Å². The lowest BCUT2D eigenvalue weighted by Gasteiger charge is -2.07. The summed E-state index contributed by atoms with van der Waals surface area (Å²) in [5, 5.41) is 7.46. The van der Waals surface area contributed by atoms with E-state index in [1.807, 2.05) is 16.8 Å². The van der Waals surface area contributed by atoms with Gasteiger partial charge >= 0.3 is 0 Å². The topological polar surface area (TPSA) is 76.9 Å². The Morgan fingerprint density at radius 3 is 2.52 bits per heavy atom. The summed E-state index contributed by atoms with van der Waals surface area (Å²) in [4.78, 5) is 4.56. The van der Waals surface area contributed by atoms with Crippen LogP contribution >= 0.6 is 0 Å². The number of nitrogens with one attached hydrogen (secondary N) is 1. The summed E-state index contributed by atoms with van der Waals surface area (Å²) < 4.78 is 24.6. The van der Waals surface area contributed by atoms with Crippen molar-refractivity contribution in [2.45, 2.75) is 37.9 Å². The van der Waals surface area contributed by atoms with Gasteiger partial charge in [-0.1, -0.05) is 19.1 Å². The van der Waals surface area contributed by atoms with Crippen LogP contribution in [0.1, 0.15) is 24.7 Å². The minimum absolute atomic E-state index is 0.342. The van der Waals surface area contributed by atoms with E-state index in [0.29, 0.717) is 18.0 Å². The molecule has 1 aromatic carbocycles. The van der Waals surface area contributed by atoms with Crippen LogP contribution in [-0.2, 0) is 29.5 Å². The van der Waals surface area contributed by atoms with Crippen LogP contribution in [0.4, 0.5) is 0 Å². The Morgan fingerprint density at radius 2 is 1.90 bits per heavy atom. The molecule has 0 unspecified atom stereocenters. The van der Waals surface area contributed by atoms with Gasteiger partial charge in [0.25, 0.3) is 0 Å². The second-order valence-corrected chi connectivity index (χ2v) is 6.93. The highest BCUT2D eigenvalue weighted by atomic mass is 32.2. The standard InChI is InChI=1S/C14H20N4O2S/c1-3-8-18-14(16-11-17-18)10-15-9-12-4-6-13(7-5-12)21(2,19)20/h4-7,11,15H,3,8-10H2,1-2H3. The first kappa shape index (κ1) is 15.7. The molecular weight excluding hydrogens is 288 g/mol. The maximum Gasteiger partial charge on any atom is 0.175 e. The zero-order chi connectivity index (χ0) is 15.3. The fourth-order valence-corrected chi connectivity index (χ4v) is 2.63. The fraction of sp³-hybridized carbons (Fsp3) is 0.429. The van der Waals surface area contributed by atoms with Gasteiger partial charge in [-0.05, 0) is 24.1 Å². The second kappa shape index (κ2) is 6.82. The molecule has 2 aromatic rings. The molecule has 114 valence electrons. The molecule has 1 aromatic heterocycles. The van der Waals surface area contributed by atoms with Gasteiger partial charge in [0.1, 0.15) is 12.2 Å². The number of aryl methyl sites for hydroxylation is 1. The lowest BCUT2D eigenvalue weighted by atomic mass is 10.2. The molecule has 1 heterocycles. The van der Waals surface area contributed by atoms with Gasteiger partial charge in [-0.25, -0.2) is 18.1 Å². The van der Waals surface area contributed by atoms with E-state index in [2.05, 4.69) is 22.3 Å². The largest absolute Gasteiger partial charge is 0.306 e. The third kappa shape index (κ3) is 4.37. The molecule has 1 N–H and O–H groups in total. The van der Waals surface area contributed by atoms with Gasteiger partial charge in [0.15, 0.2) is 9.84 Å². The number of benzene rings is 1. The Bertz CT molecular complexity index is 677. The fourth-order valence-electron chi connectivity index (χ4n) is 2.00. The van der Waals surface area contributed by atoms with Crippen LogP contribution in [0.2, 0.25) is 0 Å². The SMILES string of the molecule is CCCn1ncnc1CNCc1ccc(S(C)(=O)=O)cc1. The molecule has 0 atom stereocenters. The molecule has 0 aliphatic carbocycles. The van der Waals surface area contributed by atoms with Crippen molar-refractivity contribution in [1.29, 1.82) is 0 Å². The number of hydrogen-bond acceptors (Lipinski definition) is 5. The number of rotatable bonds is 7. The molecule has 0 saturated carbocycles. The van der Waals surface area contributed by atoms with Crippen molar-refractivity contribution >= 4 is 9.84 Å². The average molecular weight is 308 g/mol. The van der Waals surface area contributed by atoms with Gasteiger partial charge < -0.3 is 5.32 Å². The summed E-state index contributed by atoms with van der Waals surface area (Å²) >= 11 is 0. The number of nitrogens with zero attached hydrogens (tertiary/aromatic N) is 3. The van der Waals surface area contributed by atoms with Crippen molar-refractivity contribution in [3.8, 4) is 0 Å². The highest BCUT2D eigenvalue weighted by molar-refractivity contribution is 7.90. The molecule has 2 rings (SSSR count). The normalized spacial score (nSPS) is 11.7. The first-order chi connectivity index (χ1) is 10.0. The quantitative estimate of drug-likeness (QED) is 0.836. The molecular formula is C14H20N4O2S. The van der Waals surface area contributed by atoms with Crippen molar-refractivity contribution in [2.75, 3.05) is 6.26 Å². The van der Waals surface area contributed by atoms with Crippen LogP contribution in [0.5, 0.6) is 0 Å². The van der Waals surface area contributed by atoms with Gasteiger partial charge in [-0.2, -0.15) is 5.10 Å². The maximum absolute atomic E-state index is 11.4. The molecule has 0 aliphatic heterocycles. The van der Waals surface area contributed by atoms with Crippen LogP contribution in [0.15, 0.2) is 35.5 Å². The zero-order valence-electron chi connectivity index (χ0n) is 12.3. The summed E-state index contributed by atoms with van der Waals surface area (Å²) in [5.41, 5.74) is 1.03. The molecule has 0 bridgehead atoms. The van der Waals surface area contributed by atoms with Gasteiger partial charge in [0.05, 0.1) is 11.4 Å². The molecule has 7 heteroatoms. The van der Waals surface area contributed by atoms with Gasteiger partial charge in [0.2, 0.25) is 0 Å². The highest BCUT2D eigenvalue weighted by Crippen LogP contribution is 2.10. The van der Waals surface area contributed by atoms with Crippen molar-refractivity contribution < 1.29 is 8.42 Å². The molecule has 0 aliphatic rings.